The lowest BCUT2D eigenvalue weighted by Crippen LogP contribution is -2.34. The average Bonchev–Trinajstić information content (AvgIpc) is 3.02. The minimum absolute atomic E-state index is 0.0803. The summed E-state index contributed by atoms with van der Waals surface area (Å²) in [7, 11) is 3.22. The Kier molecular flexibility index (Phi) is 6.69. The molecule has 0 spiro atoms. The van der Waals surface area contributed by atoms with Crippen molar-refractivity contribution < 1.29 is 27.8 Å². The highest BCUT2D eigenvalue weighted by atomic mass is 19.3. The van der Waals surface area contributed by atoms with E-state index in [4.69, 9.17) is 9.47 Å². The van der Waals surface area contributed by atoms with E-state index < -0.39 is 6.61 Å². The number of nitrogens with zero attached hydrogens (tertiary/aromatic N) is 1. The van der Waals surface area contributed by atoms with Crippen LogP contribution in [0.25, 0.3) is 0 Å². The summed E-state index contributed by atoms with van der Waals surface area (Å²) < 4.78 is 40.3. The van der Waals surface area contributed by atoms with E-state index in [9.17, 15) is 13.6 Å². The first-order chi connectivity index (χ1) is 14.0. The number of hydrogen-bond donors (Lipinski definition) is 0. The molecule has 0 saturated carbocycles. The summed E-state index contributed by atoms with van der Waals surface area (Å²) in [5.41, 5.74) is 1.80. The van der Waals surface area contributed by atoms with E-state index in [2.05, 4.69) is 9.64 Å². The molecule has 1 aliphatic rings. The molecular weight excluding hydrogens is 380 g/mol. The maximum absolute atomic E-state index is 12.4. The molecule has 0 bridgehead atoms. The third kappa shape index (κ3) is 4.50. The normalized spacial score (nSPS) is 21.9. The van der Waals surface area contributed by atoms with Crippen LogP contribution in [0.4, 0.5) is 8.78 Å². The van der Waals surface area contributed by atoms with Crippen molar-refractivity contribution >= 4 is 6.29 Å². The number of carbonyl (C=O) groups is 1. The van der Waals surface area contributed by atoms with Crippen LogP contribution in [0.3, 0.4) is 0 Å². The number of ether oxygens (including phenoxy) is 3. The van der Waals surface area contributed by atoms with Crippen LogP contribution in [0.15, 0.2) is 42.5 Å². The Morgan fingerprint density at radius 3 is 2.24 bits per heavy atom. The molecule has 29 heavy (non-hydrogen) atoms. The second-order valence-corrected chi connectivity index (χ2v) is 7.13. The van der Waals surface area contributed by atoms with Crippen LogP contribution in [0.5, 0.6) is 17.2 Å². The quantitative estimate of drug-likeness (QED) is 0.607. The summed E-state index contributed by atoms with van der Waals surface area (Å²) >= 11 is 0. The molecule has 5 nitrogen and oxygen atoms in total. The molecule has 0 radical (unpaired) electrons. The lowest BCUT2D eigenvalue weighted by atomic mass is 9.97. The number of likely N-dealkylation sites (tertiary alicyclic amines) is 1. The van der Waals surface area contributed by atoms with Crippen molar-refractivity contribution in [2.45, 2.75) is 38.6 Å². The van der Waals surface area contributed by atoms with Crippen LogP contribution >= 0.6 is 0 Å². The van der Waals surface area contributed by atoms with E-state index >= 15 is 0 Å². The molecule has 0 aromatic heterocycles. The fourth-order valence-electron chi connectivity index (χ4n) is 4.07. The van der Waals surface area contributed by atoms with E-state index in [0.717, 1.165) is 23.8 Å². The summed E-state index contributed by atoms with van der Waals surface area (Å²) in [5.74, 6) is 1.67. The van der Waals surface area contributed by atoms with Crippen molar-refractivity contribution in [1.29, 1.82) is 0 Å². The zero-order valence-corrected chi connectivity index (χ0v) is 16.7. The molecule has 3 atom stereocenters. The van der Waals surface area contributed by atoms with Gasteiger partial charge in [0.25, 0.3) is 0 Å². The number of methoxy groups -OCH3 is 2. The lowest BCUT2D eigenvalue weighted by molar-refractivity contribution is -0.113. The van der Waals surface area contributed by atoms with Gasteiger partial charge in [0.05, 0.1) is 25.8 Å². The van der Waals surface area contributed by atoms with Crippen LogP contribution in [-0.2, 0) is 11.3 Å². The Balaban J connectivity index is 1.93. The SMILES string of the molecule is COc1cccc(OC)c1C1CC(C)C(C=O)N1Cc1ccc(OC(F)F)cc1. The molecule has 0 aliphatic carbocycles. The first-order valence-corrected chi connectivity index (χ1v) is 9.44. The van der Waals surface area contributed by atoms with Crippen LogP contribution in [0, 0.1) is 5.92 Å². The molecule has 3 unspecified atom stereocenters. The minimum atomic E-state index is -2.86. The van der Waals surface area contributed by atoms with Gasteiger partial charge in [0.1, 0.15) is 23.5 Å². The van der Waals surface area contributed by atoms with Gasteiger partial charge in [0.15, 0.2) is 0 Å². The number of hydrogen-bond acceptors (Lipinski definition) is 5. The number of carbonyl (C=O) groups excluding carboxylic acids is 1. The molecular formula is C22H25F2NO4. The smallest absolute Gasteiger partial charge is 0.387 e. The average molecular weight is 405 g/mol. The molecule has 0 amide bonds. The molecule has 1 saturated heterocycles. The van der Waals surface area contributed by atoms with Crippen LogP contribution in [-0.4, -0.2) is 38.1 Å². The zero-order chi connectivity index (χ0) is 21.0. The third-order valence-electron chi connectivity index (χ3n) is 5.41. The van der Waals surface area contributed by atoms with Crippen molar-refractivity contribution in [3.05, 3.63) is 53.6 Å². The van der Waals surface area contributed by atoms with Crippen LogP contribution < -0.4 is 14.2 Å². The third-order valence-corrected chi connectivity index (χ3v) is 5.41. The molecule has 7 heteroatoms. The van der Waals surface area contributed by atoms with Crippen molar-refractivity contribution in [3.8, 4) is 17.2 Å². The van der Waals surface area contributed by atoms with Gasteiger partial charge in [-0.15, -0.1) is 0 Å². The first kappa shape index (κ1) is 21.0. The Hall–Kier alpha value is -2.67. The maximum Gasteiger partial charge on any atom is 0.387 e. The number of benzene rings is 2. The number of halogens is 2. The predicted molar refractivity (Wildman–Crippen MR) is 105 cm³/mol. The van der Waals surface area contributed by atoms with Gasteiger partial charge in [-0.2, -0.15) is 8.78 Å². The Bertz CT molecular complexity index is 806. The van der Waals surface area contributed by atoms with Gasteiger partial charge in [-0.3, -0.25) is 4.90 Å². The summed E-state index contributed by atoms with van der Waals surface area (Å²) in [6, 6.07) is 11.8. The highest BCUT2D eigenvalue weighted by Gasteiger charge is 2.41. The summed E-state index contributed by atoms with van der Waals surface area (Å²) in [6.07, 6.45) is 1.74. The highest BCUT2D eigenvalue weighted by molar-refractivity contribution is 5.60. The summed E-state index contributed by atoms with van der Waals surface area (Å²) in [4.78, 5) is 14.0. The van der Waals surface area contributed by atoms with E-state index in [0.29, 0.717) is 18.0 Å². The van der Waals surface area contributed by atoms with Crippen LogP contribution in [0.2, 0.25) is 0 Å². The second-order valence-electron chi connectivity index (χ2n) is 7.13. The van der Waals surface area contributed by atoms with Gasteiger partial charge in [-0.25, -0.2) is 0 Å². The van der Waals surface area contributed by atoms with Crippen molar-refractivity contribution in [2.75, 3.05) is 14.2 Å². The van der Waals surface area contributed by atoms with Gasteiger partial charge in [0, 0.05) is 12.6 Å². The minimum Gasteiger partial charge on any atom is -0.496 e. The molecule has 1 heterocycles. The van der Waals surface area contributed by atoms with E-state index in [1.807, 2.05) is 25.1 Å². The van der Waals surface area contributed by atoms with E-state index in [1.165, 1.54) is 12.1 Å². The van der Waals surface area contributed by atoms with Gasteiger partial charge >= 0.3 is 6.61 Å². The predicted octanol–water partition coefficient (Wildman–Crippen LogP) is 4.46. The van der Waals surface area contributed by atoms with Gasteiger partial charge in [-0.05, 0) is 42.2 Å². The molecule has 1 fully saturated rings. The second kappa shape index (κ2) is 9.22. The zero-order valence-electron chi connectivity index (χ0n) is 16.7. The monoisotopic (exact) mass is 405 g/mol. The largest absolute Gasteiger partial charge is 0.496 e. The molecule has 1 aliphatic heterocycles. The highest BCUT2D eigenvalue weighted by Crippen LogP contribution is 2.46. The van der Waals surface area contributed by atoms with Gasteiger partial charge in [0.2, 0.25) is 0 Å². The Labute approximate surface area is 169 Å². The van der Waals surface area contributed by atoms with Crippen molar-refractivity contribution in [1.82, 2.24) is 4.90 Å². The van der Waals surface area contributed by atoms with Crippen LogP contribution in [0.1, 0.15) is 30.5 Å². The first-order valence-electron chi connectivity index (χ1n) is 9.44. The number of aldehydes is 1. The standard InChI is InChI=1S/C22H25F2NO4/c1-14-11-17(21-19(27-2)5-4-6-20(21)28-3)25(18(14)13-26)12-15-7-9-16(10-8-15)29-22(23)24/h4-10,13-14,17-18,22H,11-12H2,1-3H3. The fourth-order valence-corrected chi connectivity index (χ4v) is 4.07. The number of rotatable bonds is 8. The molecule has 2 aromatic carbocycles. The fraction of sp³-hybridized carbons (Fsp3) is 0.409. The van der Waals surface area contributed by atoms with Gasteiger partial charge < -0.3 is 19.0 Å². The van der Waals surface area contributed by atoms with Crippen molar-refractivity contribution in [3.63, 3.8) is 0 Å². The summed E-state index contributed by atoms with van der Waals surface area (Å²) in [5, 5.41) is 0. The number of alkyl halides is 2. The van der Waals surface area contributed by atoms with Gasteiger partial charge in [-0.1, -0.05) is 25.1 Å². The summed E-state index contributed by atoms with van der Waals surface area (Å²) in [6.45, 7) is -0.329. The molecule has 156 valence electrons. The lowest BCUT2D eigenvalue weighted by Gasteiger charge is -2.30. The Morgan fingerprint density at radius 1 is 1.10 bits per heavy atom. The van der Waals surface area contributed by atoms with E-state index in [-0.39, 0.29) is 23.8 Å². The maximum atomic E-state index is 12.4. The molecule has 0 N–H and O–H groups in total. The molecule has 2 aromatic rings. The topological polar surface area (TPSA) is 48.0 Å². The van der Waals surface area contributed by atoms with Crippen molar-refractivity contribution in [2.24, 2.45) is 5.92 Å². The molecule has 3 rings (SSSR count). The van der Waals surface area contributed by atoms with E-state index in [1.54, 1.807) is 26.4 Å². The Morgan fingerprint density at radius 2 is 1.72 bits per heavy atom.